The molecule has 0 atom stereocenters. The molecule has 0 saturated heterocycles. The summed E-state index contributed by atoms with van der Waals surface area (Å²) in [5.74, 6) is 8.99. The van der Waals surface area contributed by atoms with E-state index in [0.29, 0.717) is 0 Å². The summed E-state index contributed by atoms with van der Waals surface area (Å²) in [6.07, 6.45) is 0.0556. The number of hydrogen-bond donors (Lipinski definition) is 6. The van der Waals surface area contributed by atoms with Gasteiger partial charge in [-0.1, -0.05) is 0 Å². The molecule has 0 bridgehead atoms. The summed E-state index contributed by atoms with van der Waals surface area (Å²) in [6.45, 7) is 0. The molecular weight excluding hydrogens is 196 g/mol. The highest BCUT2D eigenvalue weighted by molar-refractivity contribution is 5.53. The third kappa shape index (κ3) is 335. The molecule has 0 heterocycles. The summed E-state index contributed by atoms with van der Waals surface area (Å²) in [5, 5.41) is 25.1. The van der Waals surface area contributed by atoms with Crippen LogP contribution in [0.1, 0.15) is 0 Å². The standard InChI is InChI=1S/2CH4N4.CH2O3/c2*2-4-1-5-3;2-1(3)4/h2*1-2H,3H2;(H2,2,3,4). The van der Waals surface area contributed by atoms with Gasteiger partial charge in [0.25, 0.3) is 0 Å². The molecule has 80 valence electrons. The second kappa shape index (κ2) is 22.4. The summed E-state index contributed by atoms with van der Waals surface area (Å²) in [6, 6.07) is 0. The van der Waals surface area contributed by atoms with Crippen molar-refractivity contribution in [3.8, 4) is 0 Å². The number of hydrogen-bond acceptors (Lipinski definition) is 7. The maximum Gasteiger partial charge on any atom is 0.503 e. The number of nitrogens with one attached hydrogen (secondary N) is 2. The van der Waals surface area contributed by atoms with Gasteiger partial charge in [-0.05, 0) is 0 Å². The van der Waals surface area contributed by atoms with E-state index < -0.39 is 6.16 Å². The predicted octanol–water partition coefficient (Wildman–Crippen LogP) is 0.0611. The summed E-state index contributed by atoms with van der Waals surface area (Å²) in [7, 11) is 0. The maximum atomic E-state index is 8.56. The van der Waals surface area contributed by atoms with Crippen molar-refractivity contribution in [1.82, 2.24) is 0 Å². The summed E-state index contributed by atoms with van der Waals surface area (Å²) in [4.78, 5) is 8.56. The van der Waals surface area contributed by atoms with Gasteiger partial charge < -0.3 is 21.9 Å². The Bertz CT molecular complexity index is 180. The normalized spacial score (nSPS) is 8.00. The van der Waals surface area contributed by atoms with Crippen molar-refractivity contribution in [2.45, 2.75) is 0 Å². The van der Waals surface area contributed by atoms with Gasteiger partial charge in [-0.3, -0.25) is 0 Å². The first-order chi connectivity index (χ1) is 6.56. The number of carbonyl (C=O) groups is 1. The minimum atomic E-state index is -1.83. The van der Waals surface area contributed by atoms with Gasteiger partial charge in [-0.15, -0.1) is 10.2 Å². The van der Waals surface area contributed by atoms with E-state index in [2.05, 4.69) is 32.1 Å². The first-order valence-corrected chi connectivity index (χ1v) is 2.65. The Labute approximate surface area is 78.1 Å². The van der Waals surface area contributed by atoms with Crippen LogP contribution < -0.4 is 11.7 Å². The van der Waals surface area contributed by atoms with Crippen LogP contribution in [0.25, 0.3) is 0 Å². The molecular formula is C3H10N8O3. The van der Waals surface area contributed by atoms with Crippen molar-refractivity contribution in [3.05, 3.63) is 0 Å². The van der Waals surface area contributed by atoms with Crippen molar-refractivity contribution in [2.24, 2.45) is 32.1 Å². The van der Waals surface area contributed by atoms with Crippen LogP contribution in [0, 0.1) is 11.1 Å². The van der Waals surface area contributed by atoms with Crippen LogP contribution in [-0.4, -0.2) is 29.0 Å². The van der Waals surface area contributed by atoms with Gasteiger partial charge in [-0.25, -0.2) is 15.9 Å². The van der Waals surface area contributed by atoms with E-state index in [-0.39, 0.29) is 0 Å². The molecule has 14 heavy (non-hydrogen) atoms. The molecule has 0 aromatic rings. The Morgan fingerprint density at radius 1 is 1.07 bits per heavy atom. The second-order valence-electron chi connectivity index (χ2n) is 1.07. The van der Waals surface area contributed by atoms with Crippen molar-refractivity contribution in [2.75, 3.05) is 0 Å². The molecule has 0 unspecified atom stereocenters. The fourth-order valence-corrected chi connectivity index (χ4v) is 0.0667. The third-order valence-corrected chi connectivity index (χ3v) is 0.249. The average Bonchev–Trinajstić information content (AvgIpc) is 2.07. The fraction of sp³-hybridized carbons (Fsp3) is 0. The molecule has 0 rings (SSSR count). The van der Waals surface area contributed by atoms with E-state index in [4.69, 9.17) is 26.1 Å². The number of nitrogens with two attached hydrogens (primary N) is 2. The van der Waals surface area contributed by atoms with Gasteiger partial charge in [0.1, 0.15) is 0 Å². The lowest BCUT2D eigenvalue weighted by molar-refractivity contribution is 0.137. The number of carboxylic acid groups (broad SMARTS) is 2. The van der Waals surface area contributed by atoms with Gasteiger partial charge in [0.2, 0.25) is 0 Å². The van der Waals surface area contributed by atoms with Crippen LogP contribution in [0.15, 0.2) is 20.4 Å². The fourth-order valence-electron chi connectivity index (χ4n) is 0.0667. The van der Waals surface area contributed by atoms with E-state index in [1.807, 2.05) is 0 Å². The monoisotopic (exact) mass is 206 g/mol. The highest BCUT2D eigenvalue weighted by Crippen LogP contribution is 1.45. The van der Waals surface area contributed by atoms with Crippen molar-refractivity contribution >= 4 is 18.8 Å². The Morgan fingerprint density at radius 3 is 1.29 bits per heavy atom. The molecule has 0 aromatic heterocycles. The summed E-state index contributed by atoms with van der Waals surface area (Å²) >= 11 is 0. The summed E-state index contributed by atoms with van der Waals surface area (Å²) < 4.78 is 0. The molecule has 0 saturated carbocycles. The lowest BCUT2D eigenvalue weighted by Gasteiger charge is -1.60. The molecule has 0 aliphatic heterocycles. The van der Waals surface area contributed by atoms with Gasteiger partial charge in [0.15, 0.2) is 12.7 Å². The number of hydrazone groups is 2. The van der Waals surface area contributed by atoms with E-state index in [0.717, 1.165) is 12.7 Å². The van der Waals surface area contributed by atoms with Crippen molar-refractivity contribution in [3.63, 3.8) is 0 Å². The van der Waals surface area contributed by atoms with E-state index >= 15 is 0 Å². The highest BCUT2D eigenvalue weighted by atomic mass is 16.6. The maximum absolute atomic E-state index is 8.56. The van der Waals surface area contributed by atoms with Gasteiger partial charge >= 0.3 is 6.16 Å². The van der Waals surface area contributed by atoms with Gasteiger partial charge in [-0.2, -0.15) is 10.2 Å². The Hall–Kier alpha value is -2.59. The van der Waals surface area contributed by atoms with E-state index in [1.54, 1.807) is 0 Å². The van der Waals surface area contributed by atoms with Crippen molar-refractivity contribution < 1.29 is 15.0 Å². The lowest BCUT2D eigenvalue weighted by atomic mass is 11.4. The zero-order valence-electron chi connectivity index (χ0n) is 6.90. The molecule has 11 heteroatoms. The largest absolute Gasteiger partial charge is 0.503 e. The molecule has 0 amide bonds. The topological polar surface area (TPSA) is 207 Å². The molecule has 0 aliphatic rings. The van der Waals surface area contributed by atoms with Crippen LogP contribution in [0.5, 0.6) is 0 Å². The van der Waals surface area contributed by atoms with Gasteiger partial charge in [0.05, 0.1) is 0 Å². The van der Waals surface area contributed by atoms with Crippen LogP contribution in [0.4, 0.5) is 4.79 Å². The molecule has 0 fully saturated rings. The molecule has 0 radical (unpaired) electrons. The van der Waals surface area contributed by atoms with Gasteiger partial charge in [0, 0.05) is 0 Å². The summed E-state index contributed by atoms with van der Waals surface area (Å²) in [5.41, 5.74) is 12.0. The van der Waals surface area contributed by atoms with Crippen LogP contribution in [-0.2, 0) is 0 Å². The molecule has 0 spiro atoms. The minimum absolute atomic E-state index is 0.944. The van der Waals surface area contributed by atoms with E-state index in [9.17, 15) is 0 Å². The lowest BCUT2D eigenvalue weighted by Crippen LogP contribution is -1.81. The van der Waals surface area contributed by atoms with Crippen LogP contribution >= 0.6 is 0 Å². The molecule has 0 aliphatic carbocycles. The SMILES string of the molecule is N=NC=NN.N=NC=NN.O=C(O)O. The zero-order chi connectivity index (χ0) is 11.8. The minimum Gasteiger partial charge on any atom is -0.450 e. The zero-order valence-corrected chi connectivity index (χ0v) is 6.90. The van der Waals surface area contributed by atoms with E-state index in [1.165, 1.54) is 0 Å². The molecule has 0 aromatic carbocycles. The van der Waals surface area contributed by atoms with Crippen LogP contribution in [0.2, 0.25) is 0 Å². The molecule has 11 nitrogen and oxygen atoms in total. The average molecular weight is 206 g/mol. The van der Waals surface area contributed by atoms with Crippen molar-refractivity contribution in [1.29, 1.82) is 11.1 Å². The Kier molecular flexibility index (Phi) is 28.0. The predicted molar refractivity (Wildman–Crippen MR) is 46.3 cm³/mol. The highest BCUT2D eigenvalue weighted by Gasteiger charge is 1.70. The number of nitrogens with zero attached hydrogens (tertiary/aromatic N) is 4. The quantitative estimate of drug-likeness (QED) is 0.121. The molecule has 8 N–H and O–H groups in total. The third-order valence-electron chi connectivity index (χ3n) is 0.249. The Morgan fingerprint density at radius 2 is 1.29 bits per heavy atom. The van der Waals surface area contributed by atoms with Crippen LogP contribution in [0.3, 0.4) is 0 Å². The first-order valence-electron chi connectivity index (χ1n) is 2.65. The Balaban J connectivity index is -0.000000131. The second-order valence-corrected chi connectivity index (χ2v) is 1.07. The number of rotatable bonds is 2. The smallest absolute Gasteiger partial charge is 0.450 e. The first kappa shape index (κ1) is 17.5.